The molecule has 10 heavy (non-hydrogen) atoms. The number of hydrogen-bond donors (Lipinski definition) is 2. The number of carbonyl (C=O) groups is 1. The molecule has 0 aliphatic rings. The van der Waals surface area contributed by atoms with E-state index in [1.54, 1.807) is 0 Å². The van der Waals surface area contributed by atoms with Crippen LogP contribution < -0.4 is 5.84 Å². The second kappa shape index (κ2) is 2.02. The van der Waals surface area contributed by atoms with Crippen molar-refractivity contribution < 1.29 is 14.3 Å². The fourth-order valence-corrected chi connectivity index (χ4v) is 0.617. The molecule has 0 aromatic carbocycles. The Balaban J connectivity index is 3.15. The monoisotopic (exact) mass is 144 g/mol. The molecule has 0 spiro atoms. The predicted molar refractivity (Wildman–Crippen MR) is 31.5 cm³/mol. The molecule has 0 amide bonds. The highest BCUT2D eigenvalue weighted by atomic mass is 19.1. The van der Waals surface area contributed by atoms with Gasteiger partial charge in [0, 0.05) is 6.07 Å². The maximum absolute atomic E-state index is 12.2. The van der Waals surface area contributed by atoms with Gasteiger partial charge in [0.2, 0.25) is 0 Å². The van der Waals surface area contributed by atoms with E-state index in [1.807, 2.05) is 0 Å². The molecule has 0 saturated heterocycles. The molecule has 0 aliphatic heterocycles. The molecule has 1 aromatic heterocycles. The van der Waals surface area contributed by atoms with E-state index in [4.69, 9.17) is 10.9 Å². The van der Waals surface area contributed by atoms with Gasteiger partial charge >= 0.3 is 5.97 Å². The van der Waals surface area contributed by atoms with E-state index in [1.165, 1.54) is 0 Å². The summed E-state index contributed by atoms with van der Waals surface area (Å²) >= 11 is 0. The molecular formula is C5H5FN2O2. The van der Waals surface area contributed by atoms with Crippen LogP contribution in [0.3, 0.4) is 0 Å². The van der Waals surface area contributed by atoms with Crippen molar-refractivity contribution in [1.82, 2.24) is 4.68 Å². The molecule has 3 N–H and O–H groups in total. The van der Waals surface area contributed by atoms with Crippen LogP contribution in [0.2, 0.25) is 0 Å². The zero-order chi connectivity index (χ0) is 7.72. The van der Waals surface area contributed by atoms with Crippen LogP contribution in [0.1, 0.15) is 10.5 Å². The molecule has 0 fully saturated rings. The number of halogens is 1. The van der Waals surface area contributed by atoms with Gasteiger partial charge in [-0.15, -0.1) is 0 Å². The fourth-order valence-electron chi connectivity index (χ4n) is 0.617. The Labute approximate surface area is 55.6 Å². The lowest BCUT2D eigenvalue weighted by Crippen LogP contribution is -2.14. The number of rotatable bonds is 1. The molecule has 54 valence electrons. The van der Waals surface area contributed by atoms with Gasteiger partial charge in [-0.2, -0.15) is 0 Å². The predicted octanol–water partition coefficient (Wildman–Crippen LogP) is 0.0392. The van der Waals surface area contributed by atoms with Gasteiger partial charge in [-0.05, 0) is 0 Å². The number of nitrogens with zero attached hydrogens (tertiary/aromatic N) is 1. The summed E-state index contributed by atoms with van der Waals surface area (Å²) in [7, 11) is 0. The zero-order valence-electron chi connectivity index (χ0n) is 4.91. The standard InChI is InChI=1S/C5H5FN2O2/c6-3-1-4(5(9)10)8(7)2-3/h1-2H,7H2,(H,9,10). The summed E-state index contributed by atoms with van der Waals surface area (Å²) in [4.78, 5) is 10.2. The van der Waals surface area contributed by atoms with E-state index >= 15 is 0 Å². The van der Waals surface area contributed by atoms with Crippen molar-refractivity contribution in [2.45, 2.75) is 0 Å². The fraction of sp³-hybridized carbons (Fsp3) is 0. The number of aromatic nitrogens is 1. The first kappa shape index (κ1) is 6.60. The van der Waals surface area contributed by atoms with E-state index in [-0.39, 0.29) is 5.69 Å². The van der Waals surface area contributed by atoms with Crippen LogP contribution in [-0.4, -0.2) is 15.8 Å². The first-order valence-electron chi connectivity index (χ1n) is 2.47. The Bertz CT molecular complexity index is 269. The van der Waals surface area contributed by atoms with Crippen LogP contribution in [-0.2, 0) is 0 Å². The molecule has 0 radical (unpaired) electrons. The van der Waals surface area contributed by atoms with Crippen LogP contribution in [0.5, 0.6) is 0 Å². The quantitative estimate of drug-likeness (QED) is 0.547. The van der Waals surface area contributed by atoms with E-state index < -0.39 is 11.8 Å². The summed E-state index contributed by atoms with van der Waals surface area (Å²) in [6, 6.07) is 0.850. The lowest BCUT2D eigenvalue weighted by molar-refractivity contribution is 0.0687. The van der Waals surface area contributed by atoms with Crippen LogP contribution in [0.25, 0.3) is 0 Å². The molecule has 0 bridgehead atoms. The van der Waals surface area contributed by atoms with E-state index in [0.29, 0.717) is 0 Å². The highest BCUT2D eigenvalue weighted by Gasteiger charge is 2.09. The smallest absolute Gasteiger partial charge is 0.354 e. The van der Waals surface area contributed by atoms with Gasteiger partial charge in [-0.25, -0.2) is 9.18 Å². The first-order valence-corrected chi connectivity index (χ1v) is 2.47. The third-order valence-electron chi connectivity index (χ3n) is 1.03. The van der Waals surface area contributed by atoms with Crippen molar-refractivity contribution in [1.29, 1.82) is 0 Å². The highest BCUT2D eigenvalue weighted by Crippen LogP contribution is 2.02. The van der Waals surface area contributed by atoms with Gasteiger partial charge in [-0.1, -0.05) is 0 Å². The molecule has 1 heterocycles. The number of nitrogens with two attached hydrogens (primary N) is 1. The molecule has 5 heteroatoms. The summed E-state index contributed by atoms with van der Waals surface area (Å²) in [5.41, 5.74) is -0.266. The normalized spacial score (nSPS) is 9.70. The molecule has 1 aromatic rings. The molecule has 0 atom stereocenters. The van der Waals surface area contributed by atoms with Crippen molar-refractivity contribution in [2.75, 3.05) is 5.84 Å². The third kappa shape index (κ3) is 0.928. The van der Waals surface area contributed by atoms with Crippen LogP contribution in [0.4, 0.5) is 4.39 Å². The number of carboxylic acids is 1. The molecular weight excluding hydrogens is 139 g/mol. The zero-order valence-corrected chi connectivity index (χ0v) is 4.91. The third-order valence-corrected chi connectivity index (χ3v) is 1.03. The van der Waals surface area contributed by atoms with E-state index in [2.05, 4.69) is 0 Å². The average molecular weight is 144 g/mol. The largest absolute Gasteiger partial charge is 0.477 e. The summed E-state index contributed by atoms with van der Waals surface area (Å²) < 4.78 is 12.9. The lowest BCUT2D eigenvalue weighted by atomic mass is 10.4. The van der Waals surface area contributed by atoms with E-state index in [0.717, 1.165) is 16.9 Å². The Morgan fingerprint density at radius 1 is 1.80 bits per heavy atom. The topological polar surface area (TPSA) is 68.2 Å². The second-order valence-corrected chi connectivity index (χ2v) is 1.76. The van der Waals surface area contributed by atoms with Gasteiger partial charge in [0.1, 0.15) is 11.5 Å². The van der Waals surface area contributed by atoms with Crippen LogP contribution >= 0.6 is 0 Å². The summed E-state index contributed by atoms with van der Waals surface area (Å²) in [5.74, 6) is 3.14. The molecule has 0 aliphatic carbocycles. The van der Waals surface area contributed by atoms with Crippen molar-refractivity contribution in [2.24, 2.45) is 0 Å². The lowest BCUT2D eigenvalue weighted by Gasteiger charge is -1.92. The summed E-state index contributed by atoms with van der Waals surface area (Å²) in [6.07, 6.45) is 0.892. The number of aromatic carboxylic acids is 1. The molecule has 1 rings (SSSR count). The first-order chi connectivity index (χ1) is 4.61. The Hall–Kier alpha value is -1.52. The average Bonchev–Trinajstić information content (AvgIpc) is 2.10. The van der Waals surface area contributed by atoms with Gasteiger partial charge in [-0.3, -0.25) is 4.68 Å². The summed E-state index contributed by atoms with van der Waals surface area (Å²) in [6.45, 7) is 0. The van der Waals surface area contributed by atoms with Crippen molar-refractivity contribution in [3.8, 4) is 0 Å². The minimum absolute atomic E-state index is 0.266. The van der Waals surface area contributed by atoms with Crippen molar-refractivity contribution in [3.05, 3.63) is 23.8 Å². The van der Waals surface area contributed by atoms with Gasteiger partial charge < -0.3 is 10.9 Å². The maximum Gasteiger partial charge on any atom is 0.354 e. The number of hydrogen-bond acceptors (Lipinski definition) is 2. The molecule has 0 unspecified atom stereocenters. The molecule has 4 nitrogen and oxygen atoms in total. The van der Waals surface area contributed by atoms with Gasteiger partial charge in [0.25, 0.3) is 0 Å². The van der Waals surface area contributed by atoms with Crippen LogP contribution in [0.15, 0.2) is 12.3 Å². The minimum atomic E-state index is -1.24. The Kier molecular flexibility index (Phi) is 1.33. The minimum Gasteiger partial charge on any atom is -0.477 e. The van der Waals surface area contributed by atoms with Gasteiger partial charge in [0.05, 0.1) is 6.20 Å². The Morgan fingerprint density at radius 2 is 2.40 bits per heavy atom. The number of nitrogen functional groups attached to an aromatic ring is 1. The number of carboxylic acid groups (broad SMARTS) is 1. The summed E-state index contributed by atoms with van der Waals surface area (Å²) in [5, 5.41) is 8.31. The van der Waals surface area contributed by atoms with E-state index in [9.17, 15) is 9.18 Å². The maximum atomic E-state index is 12.2. The Morgan fingerprint density at radius 3 is 2.60 bits per heavy atom. The highest BCUT2D eigenvalue weighted by molar-refractivity contribution is 5.85. The van der Waals surface area contributed by atoms with Crippen LogP contribution in [0, 0.1) is 5.82 Å². The second-order valence-electron chi connectivity index (χ2n) is 1.76. The SMILES string of the molecule is Nn1cc(F)cc1C(=O)O. The van der Waals surface area contributed by atoms with Gasteiger partial charge in [0.15, 0.2) is 0 Å². The van der Waals surface area contributed by atoms with Crippen molar-refractivity contribution >= 4 is 5.97 Å². The van der Waals surface area contributed by atoms with Crippen molar-refractivity contribution in [3.63, 3.8) is 0 Å². The molecule has 0 saturated carbocycles.